The van der Waals surface area contributed by atoms with Crippen molar-refractivity contribution in [3.8, 4) is 0 Å². The molecule has 0 unspecified atom stereocenters. The van der Waals surface area contributed by atoms with Crippen molar-refractivity contribution < 1.29 is 0 Å². The molecule has 0 saturated heterocycles. The molecule has 0 atom stereocenters. The van der Waals surface area contributed by atoms with Crippen molar-refractivity contribution in [1.82, 2.24) is 0 Å². The van der Waals surface area contributed by atoms with Gasteiger partial charge in [-0.05, 0) is 25.2 Å². The molecule has 0 bridgehead atoms. The van der Waals surface area contributed by atoms with E-state index in [0.717, 1.165) is 0 Å². The molecule has 13 heavy (non-hydrogen) atoms. The third-order valence-electron chi connectivity index (χ3n) is 1.68. The molecular weight excluding hydrogens is 156 g/mol. The number of allylic oxidation sites excluding steroid dienone is 1. The van der Waals surface area contributed by atoms with Crippen LogP contribution < -0.4 is 0 Å². The van der Waals surface area contributed by atoms with Gasteiger partial charge in [0.1, 0.15) is 0 Å². The average Bonchev–Trinajstić information content (AvgIpc) is 1.84. The Labute approximate surface area is 85.4 Å². The standard InChI is InChI=1S/C7H16.C6H12/c1-5-6-7(2,3)4;1-4-5-6(2)3/h5-6H2,1-4H3;2,4-5H2,1,3H3. The lowest BCUT2D eigenvalue weighted by Crippen LogP contribution is -2.02. The molecule has 0 saturated carbocycles. The van der Waals surface area contributed by atoms with Crippen molar-refractivity contribution in [3.63, 3.8) is 0 Å². The summed E-state index contributed by atoms with van der Waals surface area (Å²) in [6.45, 7) is 17.0. The molecule has 0 N–H and O–H groups in total. The summed E-state index contributed by atoms with van der Waals surface area (Å²) in [7, 11) is 0. The zero-order valence-electron chi connectivity index (χ0n) is 10.5. The fraction of sp³-hybridized carbons (Fsp3) is 0.846. The average molecular weight is 184 g/mol. The normalized spacial score (nSPS) is 10.3. The molecular formula is C13H28. The molecule has 0 aliphatic heterocycles. The molecule has 0 aromatic rings. The van der Waals surface area contributed by atoms with Gasteiger partial charge in [0.2, 0.25) is 0 Å². The van der Waals surface area contributed by atoms with Crippen LogP contribution in [0.5, 0.6) is 0 Å². The van der Waals surface area contributed by atoms with Crippen LogP contribution in [0.3, 0.4) is 0 Å². The van der Waals surface area contributed by atoms with Crippen LogP contribution in [0.4, 0.5) is 0 Å². The van der Waals surface area contributed by atoms with Crippen molar-refractivity contribution in [2.45, 2.75) is 67.2 Å². The van der Waals surface area contributed by atoms with Crippen LogP contribution >= 0.6 is 0 Å². The summed E-state index contributed by atoms with van der Waals surface area (Å²) in [6.07, 6.45) is 5.06. The molecule has 0 aromatic heterocycles. The maximum Gasteiger partial charge on any atom is -0.0328 e. The summed E-state index contributed by atoms with van der Waals surface area (Å²) < 4.78 is 0. The Hall–Kier alpha value is -0.260. The third kappa shape index (κ3) is 24.5. The SMILES string of the molecule is C=C(C)CCC.CCCC(C)(C)C. The highest BCUT2D eigenvalue weighted by Gasteiger charge is 2.06. The van der Waals surface area contributed by atoms with Gasteiger partial charge >= 0.3 is 0 Å². The summed E-state index contributed by atoms with van der Waals surface area (Å²) in [6, 6.07) is 0. The minimum atomic E-state index is 0.550. The second-order valence-corrected chi connectivity index (χ2v) is 5.02. The van der Waals surface area contributed by atoms with Crippen molar-refractivity contribution in [2.75, 3.05) is 0 Å². The van der Waals surface area contributed by atoms with Crippen molar-refractivity contribution >= 4 is 0 Å². The van der Waals surface area contributed by atoms with E-state index in [1.165, 1.54) is 31.3 Å². The molecule has 0 amide bonds. The molecule has 0 heteroatoms. The van der Waals surface area contributed by atoms with Crippen molar-refractivity contribution in [2.24, 2.45) is 5.41 Å². The van der Waals surface area contributed by atoms with E-state index in [4.69, 9.17) is 0 Å². The Morgan fingerprint density at radius 2 is 1.54 bits per heavy atom. The van der Waals surface area contributed by atoms with Crippen molar-refractivity contribution in [3.05, 3.63) is 12.2 Å². The third-order valence-corrected chi connectivity index (χ3v) is 1.68. The highest BCUT2D eigenvalue weighted by atomic mass is 14.1. The second-order valence-electron chi connectivity index (χ2n) is 5.02. The van der Waals surface area contributed by atoms with Gasteiger partial charge in [0.15, 0.2) is 0 Å². The lowest BCUT2D eigenvalue weighted by molar-refractivity contribution is 0.373. The number of rotatable bonds is 3. The van der Waals surface area contributed by atoms with E-state index in [1.807, 2.05) is 0 Å². The Balaban J connectivity index is 0. The molecule has 0 heterocycles. The molecule has 0 radical (unpaired) electrons. The molecule has 0 nitrogen and oxygen atoms in total. The van der Waals surface area contributed by atoms with E-state index in [-0.39, 0.29) is 0 Å². The van der Waals surface area contributed by atoms with Crippen LogP contribution in [0.2, 0.25) is 0 Å². The summed E-state index contributed by atoms with van der Waals surface area (Å²) in [5.41, 5.74) is 1.84. The lowest BCUT2D eigenvalue weighted by Gasteiger charge is -2.15. The van der Waals surface area contributed by atoms with Gasteiger partial charge in [-0.15, -0.1) is 6.58 Å². The molecule has 0 aliphatic rings. The maximum atomic E-state index is 3.74. The van der Waals surface area contributed by atoms with Crippen LogP contribution in [-0.4, -0.2) is 0 Å². The molecule has 80 valence electrons. The van der Waals surface area contributed by atoms with E-state index in [9.17, 15) is 0 Å². The van der Waals surface area contributed by atoms with Gasteiger partial charge in [-0.2, -0.15) is 0 Å². The maximum absolute atomic E-state index is 3.74. The highest BCUT2D eigenvalue weighted by Crippen LogP contribution is 2.19. The van der Waals surface area contributed by atoms with Gasteiger partial charge in [0.05, 0.1) is 0 Å². The fourth-order valence-corrected chi connectivity index (χ4v) is 1.18. The molecule has 0 aromatic carbocycles. The lowest BCUT2D eigenvalue weighted by atomic mass is 9.91. The first kappa shape index (κ1) is 15.2. The smallest absolute Gasteiger partial charge is 0.0328 e. The zero-order valence-corrected chi connectivity index (χ0v) is 10.5. The minimum absolute atomic E-state index is 0.550. The van der Waals surface area contributed by atoms with E-state index < -0.39 is 0 Å². The van der Waals surface area contributed by atoms with Gasteiger partial charge in [0.25, 0.3) is 0 Å². The van der Waals surface area contributed by atoms with E-state index in [0.29, 0.717) is 5.41 Å². The summed E-state index contributed by atoms with van der Waals surface area (Å²) in [5, 5.41) is 0. The molecule has 0 fully saturated rings. The summed E-state index contributed by atoms with van der Waals surface area (Å²) >= 11 is 0. The van der Waals surface area contributed by atoms with Gasteiger partial charge < -0.3 is 0 Å². The van der Waals surface area contributed by atoms with Crippen LogP contribution in [0.15, 0.2) is 12.2 Å². The first-order chi connectivity index (χ1) is 5.83. The molecule has 0 aliphatic carbocycles. The summed E-state index contributed by atoms with van der Waals surface area (Å²) in [5.74, 6) is 0. The van der Waals surface area contributed by atoms with Crippen LogP contribution in [0, 0.1) is 5.41 Å². The largest absolute Gasteiger partial charge is 0.100 e. The first-order valence-corrected chi connectivity index (χ1v) is 5.47. The zero-order chi connectivity index (χ0) is 10.9. The minimum Gasteiger partial charge on any atom is -0.100 e. The van der Waals surface area contributed by atoms with Gasteiger partial charge in [0, 0.05) is 0 Å². The van der Waals surface area contributed by atoms with Gasteiger partial charge in [-0.3, -0.25) is 0 Å². The fourth-order valence-electron chi connectivity index (χ4n) is 1.18. The number of hydrogen-bond donors (Lipinski definition) is 0. The Morgan fingerprint density at radius 1 is 1.08 bits per heavy atom. The second kappa shape index (κ2) is 8.34. The topological polar surface area (TPSA) is 0 Å². The van der Waals surface area contributed by atoms with Gasteiger partial charge in [-0.25, -0.2) is 0 Å². The first-order valence-electron chi connectivity index (χ1n) is 5.47. The van der Waals surface area contributed by atoms with Crippen LogP contribution in [-0.2, 0) is 0 Å². The molecule has 0 rings (SSSR count). The van der Waals surface area contributed by atoms with Gasteiger partial charge in [-0.1, -0.05) is 53.0 Å². The Bertz CT molecular complexity index is 114. The quantitative estimate of drug-likeness (QED) is 0.529. The van der Waals surface area contributed by atoms with E-state index in [1.54, 1.807) is 0 Å². The van der Waals surface area contributed by atoms with E-state index >= 15 is 0 Å². The molecule has 0 spiro atoms. The number of hydrogen-bond acceptors (Lipinski definition) is 0. The summed E-state index contributed by atoms with van der Waals surface area (Å²) in [4.78, 5) is 0. The van der Waals surface area contributed by atoms with Crippen molar-refractivity contribution in [1.29, 1.82) is 0 Å². The predicted octanol–water partition coefficient (Wildman–Crippen LogP) is 5.20. The predicted molar refractivity (Wildman–Crippen MR) is 64.1 cm³/mol. The van der Waals surface area contributed by atoms with Crippen LogP contribution in [0.1, 0.15) is 67.2 Å². The highest BCUT2D eigenvalue weighted by molar-refractivity contribution is 4.86. The monoisotopic (exact) mass is 184 g/mol. The Morgan fingerprint density at radius 3 is 1.54 bits per heavy atom. The Kier molecular flexibility index (Phi) is 9.77. The van der Waals surface area contributed by atoms with E-state index in [2.05, 4.69) is 48.1 Å². The van der Waals surface area contributed by atoms with Crippen LogP contribution in [0.25, 0.3) is 0 Å².